The van der Waals surface area contributed by atoms with Crippen LogP contribution in [-0.4, -0.2) is 22.1 Å². The molecule has 0 radical (unpaired) electrons. The van der Waals surface area contributed by atoms with Gasteiger partial charge >= 0.3 is 0 Å². The van der Waals surface area contributed by atoms with Gasteiger partial charge in [-0.15, -0.1) is 0 Å². The Hall–Kier alpha value is -3.07. The van der Waals surface area contributed by atoms with E-state index in [4.69, 9.17) is 4.99 Å². The van der Waals surface area contributed by atoms with Crippen LogP contribution in [0.3, 0.4) is 0 Å². The van der Waals surface area contributed by atoms with E-state index in [0.717, 1.165) is 28.9 Å². The lowest BCUT2D eigenvalue weighted by molar-refractivity contribution is 0.413. The highest BCUT2D eigenvalue weighted by Crippen LogP contribution is 2.47. The summed E-state index contributed by atoms with van der Waals surface area (Å²) < 4.78 is 14.6. The fourth-order valence-corrected chi connectivity index (χ4v) is 8.47. The second-order valence-electron chi connectivity index (χ2n) is 8.27. The monoisotopic (exact) mass is 498 g/mol. The van der Waals surface area contributed by atoms with Crippen molar-refractivity contribution in [1.82, 2.24) is 4.90 Å². The molecule has 0 aliphatic heterocycles. The first-order chi connectivity index (χ1) is 17.2. The summed E-state index contributed by atoms with van der Waals surface area (Å²) >= 11 is 1.60. The number of hydrogen-bond acceptors (Lipinski definition) is 3. The van der Waals surface area contributed by atoms with Crippen molar-refractivity contribution in [2.24, 2.45) is 4.99 Å². The molecular formula is C30H31N2OPS. The minimum atomic E-state index is -2.85. The minimum absolute atomic E-state index is 0.458. The second-order valence-corrected chi connectivity index (χ2v) is 12.5. The van der Waals surface area contributed by atoms with Crippen LogP contribution in [0.5, 0.6) is 0 Å². The van der Waals surface area contributed by atoms with E-state index < -0.39 is 7.14 Å². The maximum absolute atomic E-state index is 14.6. The molecule has 0 amide bonds. The number of benzene rings is 4. The molecule has 0 bridgehead atoms. The molecule has 4 rings (SSSR count). The van der Waals surface area contributed by atoms with E-state index in [-0.39, 0.29) is 0 Å². The summed E-state index contributed by atoms with van der Waals surface area (Å²) in [6.07, 6.45) is 0. The fourth-order valence-electron chi connectivity index (χ4n) is 3.96. The Morgan fingerprint density at radius 3 is 1.49 bits per heavy atom. The first kappa shape index (κ1) is 25.0. The number of nitrogens with zero attached hydrogens (tertiary/aromatic N) is 2. The van der Waals surface area contributed by atoms with Gasteiger partial charge in [-0.25, -0.2) is 0 Å². The van der Waals surface area contributed by atoms with Gasteiger partial charge in [-0.05, 0) is 18.1 Å². The molecule has 0 aliphatic carbocycles. The summed E-state index contributed by atoms with van der Waals surface area (Å²) in [6.45, 7) is 4.20. The van der Waals surface area contributed by atoms with Gasteiger partial charge in [-0.1, -0.05) is 133 Å². The molecule has 5 heteroatoms. The molecule has 3 nitrogen and oxygen atoms in total. The van der Waals surface area contributed by atoms with Gasteiger partial charge in [0.1, 0.15) is 0 Å². The molecule has 0 aliphatic rings. The number of hydrogen-bond donors (Lipinski definition) is 0. The van der Waals surface area contributed by atoms with Gasteiger partial charge < -0.3 is 9.46 Å². The normalized spacial score (nSPS) is 11.9. The van der Waals surface area contributed by atoms with Gasteiger partial charge in [-0.2, -0.15) is 0 Å². The van der Waals surface area contributed by atoms with Crippen LogP contribution in [0, 0.1) is 0 Å². The summed E-state index contributed by atoms with van der Waals surface area (Å²) in [6, 6.07) is 40.7. The van der Waals surface area contributed by atoms with Crippen molar-refractivity contribution in [2.75, 3.05) is 12.0 Å². The van der Waals surface area contributed by atoms with Crippen LogP contribution in [0.2, 0.25) is 0 Å². The highest BCUT2D eigenvalue weighted by atomic mass is 32.2. The van der Waals surface area contributed by atoms with Gasteiger partial charge in [0.15, 0.2) is 12.3 Å². The molecule has 178 valence electrons. The Morgan fingerprint density at radius 1 is 0.686 bits per heavy atom. The summed E-state index contributed by atoms with van der Waals surface area (Å²) in [7, 11) is -2.85. The van der Waals surface area contributed by atoms with E-state index in [1.807, 2.05) is 72.8 Å². The van der Waals surface area contributed by atoms with Gasteiger partial charge in [0.05, 0.1) is 5.49 Å². The molecule has 0 spiro atoms. The van der Waals surface area contributed by atoms with Crippen molar-refractivity contribution < 1.29 is 4.57 Å². The van der Waals surface area contributed by atoms with E-state index in [9.17, 15) is 4.57 Å². The van der Waals surface area contributed by atoms with Gasteiger partial charge in [0.25, 0.3) is 0 Å². The van der Waals surface area contributed by atoms with Crippen LogP contribution in [0.1, 0.15) is 18.1 Å². The van der Waals surface area contributed by atoms with Gasteiger partial charge in [0.2, 0.25) is 0 Å². The van der Waals surface area contributed by atoms with Crippen LogP contribution in [-0.2, 0) is 17.7 Å². The van der Waals surface area contributed by atoms with Crippen molar-refractivity contribution >= 4 is 34.7 Å². The summed E-state index contributed by atoms with van der Waals surface area (Å²) in [5.74, 6) is 0. The summed E-state index contributed by atoms with van der Waals surface area (Å²) in [5, 5.41) is 2.69. The van der Waals surface area contributed by atoms with Gasteiger partial charge in [-0.3, -0.25) is 4.99 Å². The third kappa shape index (κ3) is 6.75. The average Bonchev–Trinajstić information content (AvgIpc) is 2.93. The van der Waals surface area contributed by atoms with Gasteiger partial charge in [0, 0.05) is 30.2 Å². The van der Waals surface area contributed by atoms with E-state index in [0.29, 0.717) is 12.0 Å². The first-order valence-corrected chi connectivity index (χ1v) is 14.8. The Kier molecular flexibility index (Phi) is 9.00. The minimum Gasteiger partial charge on any atom is -0.343 e. The molecule has 0 fully saturated rings. The van der Waals surface area contributed by atoms with E-state index in [2.05, 4.69) is 60.4 Å². The quantitative estimate of drug-likeness (QED) is 0.145. The number of aliphatic imine (C=N–C) groups is 1. The SMILES string of the molecule is CCN=C(SCP(=O)(c1ccccc1)c1ccccc1)N(Cc1ccccc1)Cc1ccccc1. The topological polar surface area (TPSA) is 32.7 Å². The number of thioether (sulfide) groups is 1. The average molecular weight is 499 g/mol. The zero-order valence-electron chi connectivity index (χ0n) is 20.0. The van der Waals surface area contributed by atoms with Crippen LogP contribution >= 0.6 is 18.9 Å². The number of rotatable bonds is 9. The summed E-state index contributed by atoms with van der Waals surface area (Å²) in [4.78, 5) is 7.20. The molecule has 4 aromatic carbocycles. The standard InChI is InChI=1S/C30H31N2OPS/c1-2-31-30(32(23-26-15-7-3-8-16-26)24-27-17-9-4-10-18-27)35-25-34(33,28-19-11-5-12-20-28)29-21-13-6-14-22-29/h3-22H,2,23-25H2,1H3. The Labute approximate surface area is 213 Å². The Balaban J connectivity index is 1.65. The molecule has 4 aromatic rings. The molecule has 0 unspecified atom stereocenters. The molecule has 0 N–H and O–H groups in total. The van der Waals surface area contributed by atoms with Crippen molar-refractivity contribution in [3.05, 3.63) is 132 Å². The number of amidine groups is 1. The molecular weight excluding hydrogens is 467 g/mol. The van der Waals surface area contributed by atoms with Crippen molar-refractivity contribution in [1.29, 1.82) is 0 Å². The second kappa shape index (κ2) is 12.6. The molecule has 0 atom stereocenters. The lowest BCUT2D eigenvalue weighted by Gasteiger charge is -2.28. The zero-order valence-corrected chi connectivity index (χ0v) is 21.7. The third-order valence-electron chi connectivity index (χ3n) is 5.72. The first-order valence-electron chi connectivity index (χ1n) is 11.9. The smallest absolute Gasteiger partial charge is 0.160 e. The van der Waals surface area contributed by atoms with E-state index >= 15 is 0 Å². The van der Waals surface area contributed by atoms with E-state index in [1.54, 1.807) is 11.8 Å². The Morgan fingerprint density at radius 2 is 1.09 bits per heavy atom. The maximum atomic E-state index is 14.6. The molecule has 0 saturated heterocycles. The lowest BCUT2D eigenvalue weighted by atomic mass is 10.2. The van der Waals surface area contributed by atoms with Crippen molar-refractivity contribution in [2.45, 2.75) is 20.0 Å². The van der Waals surface area contributed by atoms with Crippen LogP contribution in [0.15, 0.2) is 126 Å². The van der Waals surface area contributed by atoms with Crippen molar-refractivity contribution in [3.63, 3.8) is 0 Å². The Bertz CT molecular complexity index is 1160. The third-order valence-corrected chi connectivity index (χ3v) is 10.6. The zero-order chi connectivity index (χ0) is 24.3. The van der Waals surface area contributed by atoms with Crippen LogP contribution < -0.4 is 10.6 Å². The molecule has 0 heterocycles. The van der Waals surface area contributed by atoms with Crippen LogP contribution in [0.4, 0.5) is 0 Å². The highest BCUT2D eigenvalue weighted by molar-refractivity contribution is 8.19. The highest BCUT2D eigenvalue weighted by Gasteiger charge is 2.29. The maximum Gasteiger partial charge on any atom is 0.160 e. The predicted octanol–water partition coefficient (Wildman–Crippen LogP) is 6.77. The lowest BCUT2D eigenvalue weighted by Crippen LogP contribution is -2.29. The predicted molar refractivity (Wildman–Crippen MR) is 152 cm³/mol. The largest absolute Gasteiger partial charge is 0.343 e. The van der Waals surface area contributed by atoms with E-state index in [1.165, 1.54) is 11.1 Å². The molecule has 0 saturated carbocycles. The fraction of sp³-hybridized carbons (Fsp3) is 0.167. The van der Waals surface area contributed by atoms with Crippen LogP contribution in [0.25, 0.3) is 0 Å². The van der Waals surface area contributed by atoms with Crippen molar-refractivity contribution in [3.8, 4) is 0 Å². The summed E-state index contributed by atoms with van der Waals surface area (Å²) in [5.41, 5.74) is 2.91. The molecule has 35 heavy (non-hydrogen) atoms. The molecule has 0 aromatic heterocycles.